The van der Waals surface area contributed by atoms with E-state index in [1.54, 1.807) is 0 Å². The molecule has 0 aliphatic carbocycles. The maximum atomic E-state index is 11.9. The Morgan fingerprint density at radius 2 is 1.62 bits per heavy atom. The third-order valence-electron chi connectivity index (χ3n) is 3.06. The zero-order valence-corrected chi connectivity index (χ0v) is 10.5. The van der Waals surface area contributed by atoms with Gasteiger partial charge in [0.15, 0.2) is 0 Å². The van der Waals surface area contributed by atoms with Crippen LogP contribution in [-0.2, 0) is 4.79 Å². The molecule has 2 heteroatoms. The van der Waals surface area contributed by atoms with Crippen molar-refractivity contribution in [3.8, 4) is 0 Å². The van der Waals surface area contributed by atoms with Crippen molar-refractivity contribution in [2.75, 3.05) is 0 Å². The van der Waals surface area contributed by atoms with Crippen molar-refractivity contribution in [3.63, 3.8) is 0 Å². The lowest BCUT2D eigenvalue weighted by Gasteiger charge is -2.20. The maximum Gasteiger partial charge on any atom is 0.227 e. The summed E-state index contributed by atoms with van der Waals surface area (Å²) in [5.41, 5.74) is 1.07. The molecule has 0 aromatic heterocycles. The quantitative estimate of drug-likeness (QED) is 0.828. The van der Waals surface area contributed by atoms with E-state index in [0.717, 1.165) is 5.56 Å². The van der Waals surface area contributed by atoms with Gasteiger partial charge in [0, 0.05) is 6.04 Å². The smallest absolute Gasteiger partial charge is 0.227 e. The minimum absolute atomic E-state index is 0.0811. The highest BCUT2D eigenvalue weighted by Gasteiger charge is 2.17. The van der Waals surface area contributed by atoms with Gasteiger partial charge in [-0.2, -0.15) is 0 Å². The van der Waals surface area contributed by atoms with Gasteiger partial charge in [0.2, 0.25) is 5.91 Å². The second-order valence-electron chi connectivity index (χ2n) is 4.67. The Morgan fingerprint density at radius 3 is 2.12 bits per heavy atom. The Kier molecular flexibility index (Phi) is 4.53. The summed E-state index contributed by atoms with van der Waals surface area (Å²) in [6.45, 7) is 8.20. The number of carbonyl (C=O) groups excluding carboxylic acids is 1. The van der Waals surface area contributed by atoms with Crippen LogP contribution in [0.4, 0.5) is 0 Å². The van der Waals surface area contributed by atoms with Crippen molar-refractivity contribution in [2.24, 2.45) is 5.92 Å². The molecule has 1 amide bonds. The van der Waals surface area contributed by atoms with Gasteiger partial charge in [0.25, 0.3) is 0 Å². The van der Waals surface area contributed by atoms with Crippen molar-refractivity contribution in [3.05, 3.63) is 35.9 Å². The first-order valence-corrected chi connectivity index (χ1v) is 5.87. The van der Waals surface area contributed by atoms with E-state index < -0.39 is 0 Å². The summed E-state index contributed by atoms with van der Waals surface area (Å²) in [6, 6.07) is 10.1. The predicted octanol–water partition coefficient (Wildman–Crippen LogP) is 2.95. The molecular formula is C14H21NO. The SMILES string of the molecule is CC(C(=O)NC(C)C(C)C)c1ccccc1. The fraction of sp³-hybridized carbons (Fsp3) is 0.500. The normalized spacial score (nSPS) is 14.6. The van der Waals surface area contributed by atoms with Crippen LogP contribution in [0, 0.1) is 5.92 Å². The summed E-state index contributed by atoms with van der Waals surface area (Å²) < 4.78 is 0. The summed E-state index contributed by atoms with van der Waals surface area (Å²) in [4.78, 5) is 11.9. The van der Waals surface area contributed by atoms with Crippen LogP contribution in [0.3, 0.4) is 0 Å². The fourth-order valence-electron chi connectivity index (χ4n) is 1.41. The van der Waals surface area contributed by atoms with Crippen LogP contribution in [0.2, 0.25) is 0 Å². The molecular weight excluding hydrogens is 198 g/mol. The lowest BCUT2D eigenvalue weighted by atomic mass is 9.99. The number of nitrogens with one attached hydrogen (secondary N) is 1. The van der Waals surface area contributed by atoms with E-state index in [9.17, 15) is 4.79 Å². The number of rotatable bonds is 4. The molecule has 0 heterocycles. The van der Waals surface area contributed by atoms with Crippen molar-refractivity contribution in [2.45, 2.75) is 39.7 Å². The molecule has 2 atom stereocenters. The van der Waals surface area contributed by atoms with E-state index in [-0.39, 0.29) is 17.9 Å². The van der Waals surface area contributed by atoms with E-state index in [1.807, 2.05) is 44.2 Å². The minimum Gasteiger partial charge on any atom is -0.353 e. The van der Waals surface area contributed by atoms with E-state index in [1.165, 1.54) is 0 Å². The van der Waals surface area contributed by atoms with Gasteiger partial charge >= 0.3 is 0 Å². The lowest BCUT2D eigenvalue weighted by Crippen LogP contribution is -2.38. The molecule has 0 aliphatic rings. The zero-order chi connectivity index (χ0) is 12.1. The van der Waals surface area contributed by atoms with Crippen molar-refractivity contribution in [1.29, 1.82) is 0 Å². The second-order valence-corrected chi connectivity index (χ2v) is 4.67. The Balaban J connectivity index is 2.62. The molecule has 0 saturated carbocycles. The zero-order valence-electron chi connectivity index (χ0n) is 10.5. The summed E-state index contributed by atoms with van der Waals surface area (Å²) in [5.74, 6) is 0.488. The fourth-order valence-corrected chi connectivity index (χ4v) is 1.41. The monoisotopic (exact) mass is 219 g/mol. The second kappa shape index (κ2) is 5.69. The first-order chi connectivity index (χ1) is 7.52. The van der Waals surface area contributed by atoms with Gasteiger partial charge in [-0.1, -0.05) is 44.2 Å². The molecule has 0 bridgehead atoms. The summed E-state index contributed by atoms with van der Waals surface area (Å²) in [5, 5.41) is 3.04. The predicted molar refractivity (Wildman–Crippen MR) is 67.3 cm³/mol. The molecule has 1 N–H and O–H groups in total. The van der Waals surface area contributed by atoms with Crippen LogP contribution in [0.5, 0.6) is 0 Å². The number of hydrogen-bond acceptors (Lipinski definition) is 1. The van der Waals surface area contributed by atoms with E-state index in [4.69, 9.17) is 0 Å². The van der Waals surface area contributed by atoms with Gasteiger partial charge in [-0.3, -0.25) is 4.79 Å². The molecule has 16 heavy (non-hydrogen) atoms. The topological polar surface area (TPSA) is 29.1 Å². The van der Waals surface area contributed by atoms with Crippen molar-refractivity contribution < 1.29 is 4.79 Å². The highest BCUT2D eigenvalue weighted by molar-refractivity contribution is 5.83. The van der Waals surface area contributed by atoms with E-state index >= 15 is 0 Å². The van der Waals surface area contributed by atoms with E-state index in [0.29, 0.717) is 5.92 Å². The molecule has 2 unspecified atom stereocenters. The molecule has 0 spiro atoms. The van der Waals surface area contributed by atoms with Crippen LogP contribution in [0.15, 0.2) is 30.3 Å². The van der Waals surface area contributed by atoms with Gasteiger partial charge in [-0.25, -0.2) is 0 Å². The Hall–Kier alpha value is -1.31. The molecule has 1 aromatic rings. The van der Waals surface area contributed by atoms with Crippen LogP contribution < -0.4 is 5.32 Å². The minimum atomic E-state index is -0.0811. The average molecular weight is 219 g/mol. The molecule has 88 valence electrons. The van der Waals surface area contributed by atoms with Gasteiger partial charge in [-0.05, 0) is 25.3 Å². The third kappa shape index (κ3) is 3.37. The number of hydrogen-bond donors (Lipinski definition) is 1. The highest BCUT2D eigenvalue weighted by Crippen LogP contribution is 2.15. The number of carbonyl (C=O) groups is 1. The maximum absolute atomic E-state index is 11.9. The Bertz CT molecular complexity index is 332. The first kappa shape index (κ1) is 12.8. The van der Waals surface area contributed by atoms with Gasteiger partial charge in [-0.15, -0.1) is 0 Å². The summed E-state index contributed by atoms with van der Waals surface area (Å²) >= 11 is 0. The molecule has 0 radical (unpaired) electrons. The van der Waals surface area contributed by atoms with Crippen LogP contribution in [0.1, 0.15) is 39.2 Å². The van der Waals surface area contributed by atoms with Crippen molar-refractivity contribution in [1.82, 2.24) is 5.32 Å². The van der Waals surface area contributed by atoms with Crippen molar-refractivity contribution >= 4 is 5.91 Å². The Labute approximate surface area is 98.1 Å². The summed E-state index contributed by atoms with van der Waals surface area (Å²) in [7, 11) is 0. The highest BCUT2D eigenvalue weighted by atomic mass is 16.1. The summed E-state index contributed by atoms with van der Waals surface area (Å²) in [6.07, 6.45) is 0. The van der Waals surface area contributed by atoms with Crippen LogP contribution >= 0.6 is 0 Å². The number of amides is 1. The van der Waals surface area contributed by atoms with Gasteiger partial charge < -0.3 is 5.32 Å². The molecule has 0 saturated heterocycles. The van der Waals surface area contributed by atoms with Crippen LogP contribution in [0.25, 0.3) is 0 Å². The number of benzene rings is 1. The first-order valence-electron chi connectivity index (χ1n) is 5.87. The molecule has 0 fully saturated rings. The molecule has 2 nitrogen and oxygen atoms in total. The van der Waals surface area contributed by atoms with Gasteiger partial charge in [0.1, 0.15) is 0 Å². The standard InChI is InChI=1S/C14H21NO/c1-10(2)12(4)15-14(16)11(3)13-8-6-5-7-9-13/h5-12H,1-4H3,(H,15,16). The van der Waals surface area contributed by atoms with E-state index in [2.05, 4.69) is 19.2 Å². The van der Waals surface area contributed by atoms with Gasteiger partial charge in [0.05, 0.1) is 5.92 Å². The lowest BCUT2D eigenvalue weighted by molar-refractivity contribution is -0.123. The van der Waals surface area contributed by atoms with Crippen LogP contribution in [-0.4, -0.2) is 11.9 Å². The Morgan fingerprint density at radius 1 is 1.06 bits per heavy atom. The molecule has 1 rings (SSSR count). The molecule has 0 aliphatic heterocycles. The largest absolute Gasteiger partial charge is 0.353 e. The molecule has 1 aromatic carbocycles. The third-order valence-corrected chi connectivity index (χ3v) is 3.06. The average Bonchev–Trinajstić information content (AvgIpc) is 2.28.